The van der Waals surface area contributed by atoms with E-state index in [1.807, 2.05) is 23.8 Å². The molecule has 0 aliphatic heterocycles. The Labute approximate surface area is 170 Å². The number of rotatable bonds is 4. The number of hydrogen-bond donors (Lipinski definition) is 0. The van der Waals surface area contributed by atoms with Crippen molar-refractivity contribution in [2.45, 2.75) is 19.9 Å². The summed E-state index contributed by atoms with van der Waals surface area (Å²) >= 11 is 6.30. The second-order valence-electron chi connectivity index (χ2n) is 6.87. The topological polar surface area (TPSA) is 75.5 Å². The van der Waals surface area contributed by atoms with Crippen molar-refractivity contribution in [3.63, 3.8) is 0 Å². The summed E-state index contributed by atoms with van der Waals surface area (Å²) in [6, 6.07) is 4.95. The summed E-state index contributed by atoms with van der Waals surface area (Å²) < 4.78 is 11.4. The van der Waals surface area contributed by atoms with Crippen LogP contribution in [0.25, 0.3) is 22.6 Å². The van der Waals surface area contributed by atoms with E-state index in [0.717, 1.165) is 11.4 Å². The molecule has 0 fully saturated rings. The Morgan fingerprint density at radius 3 is 2.66 bits per heavy atom. The molecule has 9 heteroatoms. The zero-order chi connectivity index (χ0) is 21.0. The van der Waals surface area contributed by atoms with Crippen LogP contribution in [-0.4, -0.2) is 30.2 Å². The van der Waals surface area contributed by atoms with E-state index in [4.69, 9.17) is 16.3 Å². The number of imidazole rings is 2. The molecule has 0 aliphatic rings. The number of aromatic nitrogens is 5. The highest BCUT2D eigenvalue weighted by atomic mass is 35.5. The molecule has 8 nitrogen and oxygen atoms in total. The van der Waals surface area contributed by atoms with Gasteiger partial charge in [-0.15, -0.1) is 6.58 Å². The number of halogens is 1. The number of allylic oxidation sites excluding steroid dienone is 1. The molecule has 4 aromatic rings. The lowest BCUT2D eigenvalue weighted by molar-refractivity contribution is 0.415. The van der Waals surface area contributed by atoms with Crippen molar-refractivity contribution in [3.8, 4) is 11.4 Å². The summed E-state index contributed by atoms with van der Waals surface area (Å²) in [7, 11) is 3.15. The molecule has 0 saturated carbocycles. The van der Waals surface area contributed by atoms with Gasteiger partial charge in [0.15, 0.2) is 11.2 Å². The Morgan fingerprint density at radius 1 is 1.31 bits per heavy atom. The van der Waals surface area contributed by atoms with E-state index >= 15 is 0 Å². The van der Waals surface area contributed by atoms with Crippen molar-refractivity contribution in [1.82, 2.24) is 23.1 Å². The van der Waals surface area contributed by atoms with Gasteiger partial charge in [-0.2, -0.15) is 4.98 Å². The third kappa shape index (κ3) is 2.63. The SMILES string of the molecule is C=C[C@@H](C)n1c(=O)c2c(nc3n(-c4ccc(OC)c(Cl)c4)c(C)cn23)n(C)c1=O. The van der Waals surface area contributed by atoms with Crippen molar-refractivity contribution in [3.05, 3.63) is 68.6 Å². The minimum Gasteiger partial charge on any atom is -0.495 e. The molecule has 0 amide bonds. The molecule has 150 valence electrons. The summed E-state index contributed by atoms with van der Waals surface area (Å²) in [5.74, 6) is 1.07. The smallest absolute Gasteiger partial charge is 0.333 e. The van der Waals surface area contributed by atoms with Gasteiger partial charge in [-0.1, -0.05) is 17.7 Å². The first-order valence-corrected chi connectivity index (χ1v) is 9.36. The Bertz CT molecular complexity index is 1410. The summed E-state index contributed by atoms with van der Waals surface area (Å²) in [5, 5.41) is 0.460. The van der Waals surface area contributed by atoms with Crippen molar-refractivity contribution in [2.75, 3.05) is 7.11 Å². The van der Waals surface area contributed by atoms with E-state index in [1.54, 1.807) is 43.7 Å². The zero-order valence-corrected chi connectivity index (χ0v) is 17.3. The number of benzene rings is 1. The van der Waals surface area contributed by atoms with Crippen LogP contribution < -0.4 is 16.0 Å². The molecule has 0 radical (unpaired) electrons. The summed E-state index contributed by atoms with van der Waals surface area (Å²) in [4.78, 5) is 30.5. The Kier molecular flexibility index (Phi) is 4.38. The lowest BCUT2D eigenvalue weighted by Crippen LogP contribution is -2.40. The number of nitrogens with zero attached hydrogens (tertiary/aromatic N) is 5. The molecule has 0 spiro atoms. The lowest BCUT2D eigenvalue weighted by Gasteiger charge is -2.11. The molecule has 4 rings (SSSR count). The van der Waals surface area contributed by atoms with Gasteiger partial charge >= 0.3 is 5.69 Å². The summed E-state index contributed by atoms with van der Waals surface area (Å²) in [6.07, 6.45) is 3.38. The summed E-state index contributed by atoms with van der Waals surface area (Å²) in [6.45, 7) is 7.36. The second kappa shape index (κ2) is 6.66. The molecular formula is C20H20ClN5O3. The van der Waals surface area contributed by atoms with Crippen LogP contribution in [0.2, 0.25) is 5.02 Å². The van der Waals surface area contributed by atoms with Crippen LogP contribution in [-0.2, 0) is 7.05 Å². The van der Waals surface area contributed by atoms with Crippen molar-refractivity contribution < 1.29 is 4.74 Å². The number of aryl methyl sites for hydroxylation is 2. The molecule has 29 heavy (non-hydrogen) atoms. The van der Waals surface area contributed by atoms with Gasteiger partial charge in [0.1, 0.15) is 5.75 Å². The number of ether oxygens (including phenoxy) is 1. The third-order valence-corrected chi connectivity index (χ3v) is 5.41. The average Bonchev–Trinajstić information content (AvgIpc) is 3.20. The van der Waals surface area contributed by atoms with Gasteiger partial charge in [0.05, 0.1) is 23.9 Å². The quantitative estimate of drug-likeness (QED) is 0.482. The second-order valence-corrected chi connectivity index (χ2v) is 7.28. The van der Waals surface area contributed by atoms with Crippen LogP contribution in [0.5, 0.6) is 5.75 Å². The Morgan fingerprint density at radius 2 is 2.03 bits per heavy atom. The van der Waals surface area contributed by atoms with Gasteiger partial charge in [0.2, 0.25) is 5.78 Å². The monoisotopic (exact) mass is 413 g/mol. The zero-order valence-electron chi connectivity index (χ0n) is 16.5. The third-order valence-electron chi connectivity index (χ3n) is 5.12. The fraction of sp³-hybridized carbons (Fsp3) is 0.250. The molecule has 0 N–H and O–H groups in total. The van der Waals surface area contributed by atoms with Crippen LogP contribution >= 0.6 is 11.6 Å². The van der Waals surface area contributed by atoms with Crippen molar-refractivity contribution in [2.24, 2.45) is 7.05 Å². The van der Waals surface area contributed by atoms with Crippen LogP contribution in [0.15, 0.2) is 46.6 Å². The number of fused-ring (bicyclic) bond motifs is 3. The van der Waals surface area contributed by atoms with Gasteiger partial charge in [0, 0.05) is 18.9 Å². The van der Waals surface area contributed by atoms with Gasteiger partial charge < -0.3 is 4.74 Å². The van der Waals surface area contributed by atoms with Gasteiger partial charge in [-0.05, 0) is 32.0 Å². The molecule has 0 bridgehead atoms. The molecule has 0 saturated heterocycles. The highest BCUT2D eigenvalue weighted by Gasteiger charge is 2.22. The molecule has 3 heterocycles. The van der Waals surface area contributed by atoms with E-state index in [-0.39, 0.29) is 0 Å². The van der Waals surface area contributed by atoms with E-state index in [0.29, 0.717) is 27.7 Å². The Hall–Kier alpha value is -3.26. The first kappa shape index (κ1) is 19.1. The minimum absolute atomic E-state index is 0.316. The van der Waals surface area contributed by atoms with Gasteiger partial charge in [-0.3, -0.25) is 22.9 Å². The molecule has 1 aromatic carbocycles. The predicted molar refractivity (Wildman–Crippen MR) is 113 cm³/mol. The molecular weight excluding hydrogens is 394 g/mol. The molecule has 0 unspecified atom stereocenters. The number of hydrogen-bond acceptors (Lipinski definition) is 4. The van der Waals surface area contributed by atoms with Crippen molar-refractivity contribution >= 4 is 28.5 Å². The van der Waals surface area contributed by atoms with E-state index in [2.05, 4.69) is 11.6 Å². The first-order chi connectivity index (χ1) is 13.8. The lowest BCUT2D eigenvalue weighted by atomic mass is 10.3. The van der Waals surface area contributed by atoms with Crippen LogP contribution in [0.3, 0.4) is 0 Å². The van der Waals surface area contributed by atoms with Crippen LogP contribution in [0, 0.1) is 6.92 Å². The normalized spacial score (nSPS) is 12.6. The predicted octanol–water partition coefficient (Wildman–Crippen LogP) is 2.86. The average molecular weight is 414 g/mol. The fourth-order valence-corrected chi connectivity index (χ4v) is 3.81. The highest BCUT2D eigenvalue weighted by molar-refractivity contribution is 6.32. The summed E-state index contributed by atoms with van der Waals surface area (Å²) in [5.41, 5.74) is 1.42. The Balaban J connectivity index is 2.11. The largest absolute Gasteiger partial charge is 0.495 e. The van der Waals surface area contributed by atoms with Crippen LogP contribution in [0.4, 0.5) is 0 Å². The maximum atomic E-state index is 13.2. The maximum absolute atomic E-state index is 13.2. The van der Waals surface area contributed by atoms with E-state index in [1.165, 1.54) is 9.13 Å². The minimum atomic E-state index is -0.445. The maximum Gasteiger partial charge on any atom is 0.333 e. The van der Waals surface area contributed by atoms with E-state index in [9.17, 15) is 9.59 Å². The standard InChI is InChI=1S/C20H20ClN5O3/c1-6-11(2)26-18(27)16-17(23(4)20(26)28)22-19-24(16)10-12(3)25(19)13-7-8-15(29-5)14(21)9-13/h6-11H,1H2,2-5H3/t11-/m1/s1. The molecule has 1 atom stereocenters. The van der Waals surface area contributed by atoms with Gasteiger partial charge in [-0.25, -0.2) is 4.79 Å². The molecule has 0 aliphatic carbocycles. The van der Waals surface area contributed by atoms with Gasteiger partial charge in [0.25, 0.3) is 5.56 Å². The van der Waals surface area contributed by atoms with E-state index < -0.39 is 17.3 Å². The van der Waals surface area contributed by atoms with Crippen molar-refractivity contribution in [1.29, 1.82) is 0 Å². The number of methoxy groups -OCH3 is 1. The highest BCUT2D eigenvalue weighted by Crippen LogP contribution is 2.29. The van der Waals surface area contributed by atoms with Crippen LogP contribution in [0.1, 0.15) is 18.7 Å². The first-order valence-electron chi connectivity index (χ1n) is 8.98. The molecule has 3 aromatic heterocycles. The fourth-order valence-electron chi connectivity index (χ4n) is 3.56.